The number of carbonyl (C=O) groups is 1. The number of halogens is 1. The third kappa shape index (κ3) is 2.96. The molecule has 0 N–H and O–H groups in total. The molecule has 0 atom stereocenters. The van der Waals surface area contributed by atoms with Crippen LogP contribution in [-0.2, 0) is 15.0 Å². The van der Waals surface area contributed by atoms with Gasteiger partial charge in [-0.25, -0.2) is 4.79 Å². The van der Waals surface area contributed by atoms with Gasteiger partial charge in [-0.05, 0) is 39.0 Å². The molecular weight excluding hydrogens is 287 g/mol. The quantitative estimate of drug-likeness (QED) is 0.756. The van der Waals surface area contributed by atoms with Crippen molar-refractivity contribution in [2.75, 3.05) is 0 Å². The maximum Gasteiger partial charge on any atom is 0.435 e. The molecule has 0 bridgehead atoms. The van der Waals surface area contributed by atoms with E-state index in [9.17, 15) is 17.1 Å². The van der Waals surface area contributed by atoms with E-state index >= 15 is 0 Å². The lowest BCUT2D eigenvalue weighted by molar-refractivity contribution is 0.0522. The fourth-order valence-corrected chi connectivity index (χ4v) is 2.08. The number of fused-ring (bicyclic) bond motifs is 1. The van der Waals surface area contributed by atoms with Gasteiger partial charge in [0.2, 0.25) is 0 Å². The van der Waals surface area contributed by atoms with Crippen LogP contribution in [0.1, 0.15) is 20.8 Å². The van der Waals surface area contributed by atoms with E-state index < -0.39 is 26.8 Å². The fraction of sp³-hybridized carbons (Fsp3) is 0.333. The minimum atomic E-state index is -4.84. The summed E-state index contributed by atoms with van der Waals surface area (Å²) in [5.41, 5.74) is -0.558. The standard InChI is InChI=1S/C12H13FN2O4S/c1-12(2,3)19-11(16)15-10-6-9(20(13,17)18)5-4-8(10)7-14-15/h4-7H,1-3H3. The van der Waals surface area contributed by atoms with E-state index in [0.29, 0.717) is 5.39 Å². The van der Waals surface area contributed by atoms with Crippen molar-refractivity contribution < 1.29 is 21.8 Å². The highest BCUT2D eigenvalue weighted by Crippen LogP contribution is 2.21. The summed E-state index contributed by atoms with van der Waals surface area (Å²) in [5.74, 6) is 0. The Balaban J connectivity index is 2.53. The lowest BCUT2D eigenvalue weighted by Gasteiger charge is -2.19. The van der Waals surface area contributed by atoms with Crippen LogP contribution >= 0.6 is 0 Å². The third-order valence-electron chi connectivity index (χ3n) is 2.39. The highest BCUT2D eigenvalue weighted by Gasteiger charge is 2.21. The molecule has 0 saturated carbocycles. The predicted octanol–water partition coefficient (Wildman–Crippen LogP) is 2.48. The number of hydrogen-bond acceptors (Lipinski definition) is 5. The molecule has 1 aromatic heterocycles. The highest BCUT2D eigenvalue weighted by atomic mass is 32.3. The lowest BCUT2D eigenvalue weighted by atomic mass is 10.2. The Morgan fingerprint density at radius 1 is 1.35 bits per heavy atom. The molecule has 6 nitrogen and oxygen atoms in total. The van der Waals surface area contributed by atoms with E-state index in [1.165, 1.54) is 12.3 Å². The van der Waals surface area contributed by atoms with Gasteiger partial charge in [0.05, 0.1) is 11.7 Å². The first-order valence-corrected chi connectivity index (χ1v) is 7.12. The van der Waals surface area contributed by atoms with Gasteiger partial charge in [0, 0.05) is 5.39 Å². The second-order valence-electron chi connectivity index (χ2n) is 5.20. The Labute approximate surface area is 115 Å². The van der Waals surface area contributed by atoms with E-state index in [4.69, 9.17) is 4.74 Å². The molecule has 1 aromatic carbocycles. The van der Waals surface area contributed by atoms with Crippen molar-refractivity contribution in [3.63, 3.8) is 0 Å². The molecule has 1 heterocycles. The van der Waals surface area contributed by atoms with Gasteiger partial charge in [-0.15, -0.1) is 3.89 Å². The van der Waals surface area contributed by atoms with Crippen molar-refractivity contribution in [2.24, 2.45) is 0 Å². The smallest absolute Gasteiger partial charge is 0.435 e. The van der Waals surface area contributed by atoms with Gasteiger partial charge in [-0.2, -0.15) is 18.2 Å². The molecule has 0 spiro atoms. The van der Waals surface area contributed by atoms with Crippen LogP contribution in [0.4, 0.5) is 8.68 Å². The Bertz CT molecular complexity index is 774. The van der Waals surface area contributed by atoms with Crippen LogP contribution < -0.4 is 0 Å². The number of rotatable bonds is 1. The molecule has 0 aliphatic heterocycles. The molecule has 20 heavy (non-hydrogen) atoms. The molecular formula is C12H13FN2O4S. The molecule has 0 saturated heterocycles. The largest absolute Gasteiger partial charge is 0.442 e. The number of nitrogens with zero attached hydrogens (tertiary/aromatic N) is 2. The Kier molecular flexibility index (Phi) is 3.29. The zero-order chi connectivity index (χ0) is 15.1. The predicted molar refractivity (Wildman–Crippen MR) is 69.7 cm³/mol. The molecule has 8 heteroatoms. The van der Waals surface area contributed by atoms with E-state index in [1.54, 1.807) is 20.8 Å². The van der Waals surface area contributed by atoms with Crippen LogP contribution in [0, 0.1) is 0 Å². The molecule has 0 radical (unpaired) electrons. The van der Waals surface area contributed by atoms with Gasteiger partial charge >= 0.3 is 16.3 Å². The van der Waals surface area contributed by atoms with Crippen molar-refractivity contribution in [2.45, 2.75) is 31.3 Å². The Morgan fingerprint density at radius 3 is 2.55 bits per heavy atom. The number of carbonyl (C=O) groups excluding carboxylic acids is 1. The topological polar surface area (TPSA) is 78.3 Å². The van der Waals surface area contributed by atoms with Crippen molar-refractivity contribution in [3.8, 4) is 0 Å². The van der Waals surface area contributed by atoms with Crippen LogP contribution in [0.5, 0.6) is 0 Å². The summed E-state index contributed by atoms with van der Waals surface area (Å²) in [4.78, 5) is 11.4. The van der Waals surface area contributed by atoms with Crippen molar-refractivity contribution >= 4 is 27.2 Å². The third-order valence-corrected chi connectivity index (χ3v) is 3.21. The van der Waals surface area contributed by atoms with Crippen molar-refractivity contribution in [1.29, 1.82) is 0 Å². The molecule has 0 aliphatic rings. The van der Waals surface area contributed by atoms with Crippen LogP contribution in [-0.4, -0.2) is 29.9 Å². The minimum Gasteiger partial charge on any atom is -0.442 e. The van der Waals surface area contributed by atoms with Crippen LogP contribution in [0.15, 0.2) is 29.3 Å². The summed E-state index contributed by atoms with van der Waals surface area (Å²) in [6.45, 7) is 5.07. The van der Waals surface area contributed by atoms with Gasteiger partial charge in [-0.3, -0.25) is 0 Å². The average molecular weight is 300 g/mol. The van der Waals surface area contributed by atoms with Gasteiger partial charge in [0.25, 0.3) is 0 Å². The SMILES string of the molecule is CC(C)(C)OC(=O)n1ncc2ccc(S(=O)(=O)F)cc21. The van der Waals surface area contributed by atoms with Crippen LogP contribution in [0.25, 0.3) is 10.9 Å². The number of hydrogen-bond donors (Lipinski definition) is 0. The van der Waals surface area contributed by atoms with Gasteiger partial charge in [0.1, 0.15) is 10.5 Å². The molecule has 0 amide bonds. The summed E-state index contributed by atoms with van der Waals surface area (Å²) < 4.78 is 40.8. The van der Waals surface area contributed by atoms with Crippen molar-refractivity contribution in [3.05, 3.63) is 24.4 Å². The van der Waals surface area contributed by atoms with Gasteiger partial charge in [0.15, 0.2) is 0 Å². The highest BCUT2D eigenvalue weighted by molar-refractivity contribution is 7.86. The van der Waals surface area contributed by atoms with E-state index in [0.717, 1.165) is 16.8 Å². The zero-order valence-corrected chi connectivity index (χ0v) is 11.9. The van der Waals surface area contributed by atoms with E-state index in [1.807, 2.05) is 0 Å². The van der Waals surface area contributed by atoms with Gasteiger partial charge < -0.3 is 4.74 Å². The zero-order valence-electron chi connectivity index (χ0n) is 11.1. The molecule has 108 valence electrons. The average Bonchev–Trinajstić information content (AvgIpc) is 2.67. The van der Waals surface area contributed by atoms with E-state index in [2.05, 4.69) is 5.10 Å². The summed E-state index contributed by atoms with van der Waals surface area (Å²) in [5, 5.41) is 4.33. The maximum absolute atomic E-state index is 13.0. The number of benzene rings is 1. The van der Waals surface area contributed by atoms with Crippen LogP contribution in [0.3, 0.4) is 0 Å². The Hall–Kier alpha value is -1.96. The second kappa shape index (κ2) is 4.55. The lowest BCUT2D eigenvalue weighted by Crippen LogP contribution is -2.27. The molecule has 0 fully saturated rings. The fourth-order valence-electron chi connectivity index (χ4n) is 1.60. The summed E-state index contributed by atoms with van der Waals surface area (Å²) in [7, 11) is -4.84. The molecule has 2 rings (SSSR count). The number of aromatic nitrogens is 2. The first-order chi connectivity index (χ1) is 9.08. The van der Waals surface area contributed by atoms with Crippen molar-refractivity contribution in [1.82, 2.24) is 9.78 Å². The second-order valence-corrected chi connectivity index (χ2v) is 6.54. The summed E-state index contributed by atoms with van der Waals surface area (Å²) in [6, 6.07) is 3.52. The normalized spacial score (nSPS) is 12.6. The monoisotopic (exact) mass is 300 g/mol. The Morgan fingerprint density at radius 2 is 2.00 bits per heavy atom. The summed E-state index contributed by atoms with van der Waals surface area (Å²) in [6.07, 6.45) is 0.606. The first kappa shape index (κ1) is 14.4. The minimum absolute atomic E-state index is 0.165. The maximum atomic E-state index is 13.0. The summed E-state index contributed by atoms with van der Waals surface area (Å²) >= 11 is 0. The number of ether oxygens (including phenoxy) is 1. The van der Waals surface area contributed by atoms with Crippen LogP contribution in [0.2, 0.25) is 0 Å². The first-order valence-electron chi connectivity index (χ1n) is 5.74. The molecule has 2 aromatic rings. The molecule has 0 unspecified atom stereocenters. The van der Waals surface area contributed by atoms with E-state index in [-0.39, 0.29) is 5.52 Å². The van der Waals surface area contributed by atoms with Gasteiger partial charge in [-0.1, -0.05) is 0 Å². The molecule has 0 aliphatic carbocycles.